The number of nitrogens with two attached hydrogens (primary N) is 1. The van der Waals surface area contributed by atoms with Gasteiger partial charge in [-0.25, -0.2) is 0 Å². The fraction of sp³-hybridized carbons (Fsp3) is 0.263. The van der Waals surface area contributed by atoms with Gasteiger partial charge in [-0.15, -0.1) is 11.8 Å². The van der Waals surface area contributed by atoms with Crippen molar-refractivity contribution in [3.05, 3.63) is 53.1 Å². The average molecular weight is 353 g/mol. The first-order valence-corrected chi connectivity index (χ1v) is 9.34. The lowest BCUT2D eigenvalue weighted by molar-refractivity contribution is -0.113. The van der Waals surface area contributed by atoms with Gasteiger partial charge in [-0.3, -0.25) is 9.59 Å². The third-order valence-electron chi connectivity index (χ3n) is 4.66. The normalized spacial score (nSPS) is 18.7. The number of carbonyl (C=O) groups is 2. The van der Waals surface area contributed by atoms with E-state index >= 15 is 0 Å². The van der Waals surface area contributed by atoms with Crippen LogP contribution in [0.2, 0.25) is 0 Å². The van der Waals surface area contributed by atoms with Gasteiger partial charge < -0.3 is 16.4 Å². The molecule has 4 N–H and O–H groups in total. The van der Waals surface area contributed by atoms with Crippen LogP contribution in [-0.4, -0.2) is 17.6 Å². The molecular weight excluding hydrogens is 334 g/mol. The van der Waals surface area contributed by atoms with Gasteiger partial charge in [0.05, 0.1) is 17.5 Å². The van der Waals surface area contributed by atoms with E-state index in [2.05, 4.69) is 10.6 Å². The van der Waals surface area contributed by atoms with Crippen LogP contribution in [0, 0.1) is 0 Å². The summed E-state index contributed by atoms with van der Waals surface area (Å²) in [7, 11) is 0. The zero-order valence-electron chi connectivity index (χ0n) is 13.7. The molecule has 2 aliphatic rings. The van der Waals surface area contributed by atoms with E-state index in [1.165, 1.54) is 17.3 Å². The van der Waals surface area contributed by atoms with Crippen LogP contribution in [0.5, 0.6) is 0 Å². The van der Waals surface area contributed by atoms with Crippen molar-refractivity contribution in [1.29, 1.82) is 0 Å². The second-order valence-corrected chi connectivity index (χ2v) is 7.44. The molecule has 1 atom stereocenters. The summed E-state index contributed by atoms with van der Waals surface area (Å²) < 4.78 is 0. The Morgan fingerprint density at radius 2 is 2.12 bits per heavy atom. The summed E-state index contributed by atoms with van der Waals surface area (Å²) in [5.41, 5.74) is 10.3. The van der Waals surface area contributed by atoms with E-state index < -0.39 is 0 Å². The van der Waals surface area contributed by atoms with E-state index in [4.69, 9.17) is 5.73 Å². The lowest BCUT2D eigenvalue weighted by atomic mass is 9.87. The molecule has 2 aromatic carbocycles. The minimum absolute atomic E-state index is 0.00292. The lowest BCUT2D eigenvalue weighted by Gasteiger charge is -2.27. The molecule has 4 rings (SSSR count). The van der Waals surface area contributed by atoms with Gasteiger partial charge in [-0.2, -0.15) is 0 Å². The number of amides is 2. The highest BCUT2D eigenvalue weighted by Gasteiger charge is 2.23. The molecule has 1 aliphatic carbocycles. The Labute approximate surface area is 150 Å². The molecule has 0 saturated carbocycles. The van der Waals surface area contributed by atoms with Crippen molar-refractivity contribution in [3.8, 4) is 0 Å². The van der Waals surface area contributed by atoms with Crippen LogP contribution < -0.4 is 16.4 Å². The first kappa shape index (κ1) is 16.0. The Balaban J connectivity index is 1.55. The maximum atomic E-state index is 12.7. The molecule has 1 heterocycles. The molecule has 2 aromatic rings. The van der Waals surface area contributed by atoms with Crippen molar-refractivity contribution in [2.75, 3.05) is 16.8 Å². The molecule has 6 heteroatoms. The molecule has 2 amide bonds. The second kappa shape index (κ2) is 6.44. The van der Waals surface area contributed by atoms with Gasteiger partial charge in [-0.05, 0) is 60.7 Å². The summed E-state index contributed by atoms with van der Waals surface area (Å²) in [4.78, 5) is 25.2. The smallest absolute Gasteiger partial charge is 0.251 e. The van der Waals surface area contributed by atoms with Gasteiger partial charge in [0.2, 0.25) is 5.91 Å². The standard InChI is InChI=1S/C19H19N3O2S/c20-13-5-6-14-11(8-13)2-1-3-15(14)22-19(24)12-4-7-17-16(9-12)21-18(23)10-25-17/h4-9,15H,1-3,10,20H2,(H,21,23)(H,22,24). The number of carbonyl (C=O) groups excluding carboxylic acids is 2. The summed E-state index contributed by atoms with van der Waals surface area (Å²) >= 11 is 1.49. The number of rotatable bonds is 2. The second-order valence-electron chi connectivity index (χ2n) is 6.42. The van der Waals surface area contributed by atoms with Crippen LogP contribution in [0.15, 0.2) is 41.3 Å². The Morgan fingerprint density at radius 1 is 1.24 bits per heavy atom. The van der Waals surface area contributed by atoms with Gasteiger partial charge in [0.1, 0.15) is 0 Å². The number of aryl methyl sites for hydroxylation is 1. The fourth-order valence-electron chi connectivity index (χ4n) is 3.45. The van der Waals surface area contributed by atoms with Crippen LogP contribution >= 0.6 is 11.8 Å². The minimum Gasteiger partial charge on any atom is -0.399 e. The molecular formula is C19H19N3O2S. The fourth-order valence-corrected chi connectivity index (χ4v) is 4.24. The van der Waals surface area contributed by atoms with Gasteiger partial charge in [0.25, 0.3) is 5.91 Å². The van der Waals surface area contributed by atoms with Gasteiger partial charge in [-0.1, -0.05) is 6.07 Å². The van der Waals surface area contributed by atoms with Crippen molar-refractivity contribution in [1.82, 2.24) is 5.32 Å². The van der Waals surface area contributed by atoms with Crippen molar-refractivity contribution >= 4 is 35.0 Å². The molecule has 0 bridgehead atoms. The number of nitrogen functional groups attached to an aromatic ring is 1. The van der Waals surface area contributed by atoms with Crippen LogP contribution in [0.1, 0.15) is 40.4 Å². The van der Waals surface area contributed by atoms with Crippen LogP contribution in [-0.2, 0) is 11.2 Å². The number of benzene rings is 2. The third-order valence-corrected chi connectivity index (χ3v) is 5.73. The summed E-state index contributed by atoms with van der Waals surface area (Å²) in [6.45, 7) is 0. The number of fused-ring (bicyclic) bond motifs is 2. The van der Waals surface area contributed by atoms with Gasteiger partial charge in [0.15, 0.2) is 0 Å². The average Bonchev–Trinajstić information content (AvgIpc) is 2.61. The van der Waals surface area contributed by atoms with Gasteiger partial charge >= 0.3 is 0 Å². The summed E-state index contributed by atoms with van der Waals surface area (Å²) in [5.74, 6) is 0.261. The molecule has 1 unspecified atom stereocenters. The monoisotopic (exact) mass is 353 g/mol. The predicted molar refractivity (Wildman–Crippen MR) is 99.8 cm³/mol. The number of nitrogens with one attached hydrogen (secondary N) is 2. The van der Waals surface area contributed by atoms with E-state index in [0.29, 0.717) is 17.0 Å². The Bertz CT molecular complexity index is 866. The number of anilines is 2. The molecule has 128 valence electrons. The number of hydrogen-bond acceptors (Lipinski definition) is 4. The first-order valence-electron chi connectivity index (χ1n) is 8.36. The van der Waals surface area contributed by atoms with E-state index in [1.54, 1.807) is 6.07 Å². The summed E-state index contributed by atoms with van der Waals surface area (Å²) in [6, 6.07) is 11.3. The highest BCUT2D eigenvalue weighted by atomic mass is 32.2. The molecule has 0 fully saturated rings. The zero-order chi connectivity index (χ0) is 17.4. The molecule has 25 heavy (non-hydrogen) atoms. The van der Waals surface area contributed by atoms with Crippen LogP contribution in [0.4, 0.5) is 11.4 Å². The molecule has 0 saturated heterocycles. The maximum absolute atomic E-state index is 12.7. The maximum Gasteiger partial charge on any atom is 0.251 e. The molecule has 0 spiro atoms. The minimum atomic E-state index is -0.123. The SMILES string of the molecule is Nc1ccc2c(c1)CCCC2NC(=O)c1ccc2c(c1)NC(=O)CS2. The van der Waals surface area contributed by atoms with Crippen molar-refractivity contribution in [2.24, 2.45) is 0 Å². The number of hydrogen-bond donors (Lipinski definition) is 3. The zero-order valence-corrected chi connectivity index (χ0v) is 14.5. The van der Waals surface area contributed by atoms with E-state index in [-0.39, 0.29) is 17.9 Å². The molecule has 5 nitrogen and oxygen atoms in total. The number of thioether (sulfide) groups is 1. The van der Waals surface area contributed by atoms with Gasteiger partial charge in [0, 0.05) is 16.1 Å². The lowest BCUT2D eigenvalue weighted by Crippen LogP contribution is -2.31. The Morgan fingerprint density at radius 3 is 3.00 bits per heavy atom. The summed E-state index contributed by atoms with van der Waals surface area (Å²) in [6.07, 6.45) is 2.94. The Hall–Kier alpha value is -2.47. The third kappa shape index (κ3) is 3.22. The van der Waals surface area contributed by atoms with Crippen molar-refractivity contribution in [3.63, 3.8) is 0 Å². The van der Waals surface area contributed by atoms with Crippen LogP contribution in [0.3, 0.4) is 0 Å². The van der Waals surface area contributed by atoms with E-state index in [0.717, 1.165) is 35.4 Å². The topological polar surface area (TPSA) is 84.2 Å². The van der Waals surface area contributed by atoms with E-state index in [9.17, 15) is 9.59 Å². The van der Waals surface area contributed by atoms with E-state index in [1.807, 2.05) is 30.3 Å². The Kier molecular flexibility index (Phi) is 4.13. The molecule has 0 aromatic heterocycles. The highest BCUT2D eigenvalue weighted by Crippen LogP contribution is 2.33. The molecule has 0 radical (unpaired) electrons. The predicted octanol–water partition coefficient (Wildman–Crippen LogP) is 3.12. The summed E-state index contributed by atoms with van der Waals surface area (Å²) in [5, 5.41) is 5.96. The van der Waals surface area contributed by atoms with Crippen molar-refractivity contribution in [2.45, 2.75) is 30.2 Å². The largest absolute Gasteiger partial charge is 0.399 e. The quantitative estimate of drug-likeness (QED) is 0.724. The van der Waals surface area contributed by atoms with Crippen molar-refractivity contribution < 1.29 is 9.59 Å². The van der Waals surface area contributed by atoms with Crippen LogP contribution in [0.25, 0.3) is 0 Å². The highest BCUT2D eigenvalue weighted by molar-refractivity contribution is 8.00. The first-order chi connectivity index (χ1) is 12.1. The molecule has 1 aliphatic heterocycles.